The van der Waals surface area contributed by atoms with Gasteiger partial charge < -0.3 is 9.80 Å². The van der Waals surface area contributed by atoms with Crippen molar-refractivity contribution in [2.24, 2.45) is 0 Å². The molecule has 0 spiro atoms. The first-order valence-corrected chi connectivity index (χ1v) is 9.36. The van der Waals surface area contributed by atoms with Crippen molar-refractivity contribution in [2.45, 2.75) is 19.9 Å². The Morgan fingerprint density at radius 3 is 2.57 bits per heavy atom. The standard InChI is InChI=1S/C22H22N4O2/c1-14-18-9-4-5-10-19(18)20(24-23-14)16-7-6-8-17(13-16)22(28)26-12-11-25(3)21(27)15(26)2/h4-10,13,15H,11-12H2,1-3H3. The van der Waals surface area contributed by atoms with Gasteiger partial charge in [0, 0.05) is 42.0 Å². The van der Waals surface area contributed by atoms with Gasteiger partial charge in [-0.3, -0.25) is 9.59 Å². The second-order valence-electron chi connectivity index (χ2n) is 7.19. The third-order valence-corrected chi connectivity index (χ3v) is 5.39. The van der Waals surface area contributed by atoms with Gasteiger partial charge in [-0.05, 0) is 26.0 Å². The van der Waals surface area contributed by atoms with Crippen molar-refractivity contribution in [1.82, 2.24) is 20.0 Å². The number of amides is 2. The van der Waals surface area contributed by atoms with E-state index in [0.29, 0.717) is 18.7 Å². The maximum absolute atomic E-state index is 13.1. The maximum Gasteiger partial charge on any atom is 0.254 e. The van der Waals surface area contributed by atoms with Crippen LogP contribution < -0.4 is 0 Å². The third kappa shape index (κ3) is 3.01. The highest BCUT2D eigenvalue weighted by atomic mass is 16.2. The fourth-order valence-electron chi connectivity index (χ4n) is 3.71. The summed E-state index contributed by atoms with van der Waals surface area (Å²) < 4.78 is 0. The third-order valence-electron chi connectivity index (χ3n) is 5.39. The van der Waals surface area contributed by atoms with E-state index < -0.39 is 6.04 Å². The number of rotatable bonds is 2. The molecule has 2 aromatic carbocycles. The highest BCUT2D eigenvalue weighted by Crippen LogP contribution is 2.28. The summed E-state index contributed by atoms with van der Waals surface area (Å²) in [6.07, 6.45) is 0. The van der Waals surface area contributed by atoms with Gasteiger partial charge in [-0.1, -0.05) is 36.4 Å². The normalized spacial score (nSPS) is 17.2. The Morgan fingerprint density at radius 2 is 1.79 bits per heavy atom. The number of benzene rings is 2. The maximum atomic E-state index is 13.1. The van der Waals surface area contributed by atoms with Gasteiger partial charge >= 0.3 is 0 Å². The van der Waals surface area contributed by atoms with Crippen LogP contribution in [-0.2, 0) is 4.79 Å². The Bertz CT molecular complexity index is 1080. The molecule has 2 heterocycles. The first-order valence-electron chi connectivity index (χ1n) is 9.36. The number of likely N-dealkylation sites (N-methyl/N-ethyl adjacent to an activating group) is 1. The Kier molecular flexibility index (Phi) is 4.55. The molecule has 1 unspecified atom stereocenters. The number of aromatic nitrogens is 2. The minimum Gasteiger partial charge on any atom is -0.342 e. The number of piperazine rings is 1. The molecule has 1 aromatic heterocycles. The van der Waals surface area contributed by atoms with Crippen molar-refractivity contribution in [2.75, 3.05) is 20.1 Å². The van der Waals surface area contributed by atoms with E-state index >= 15 is 0 Å². The quantitative estimate of drug-likeness (QED) is 0.692. The lowest BCUT2D eigenvalue weighted by atomic mass is 10.0. The molecule has 4 rings (SSSR count). The predicted molar refractivity (Wildman–Crippen MR) is 108 cm³/mol. The molecule has 0 radical (unpaired) electrons. The SMILES string of the molecule is Cc1nnc(-c2cccc(C(=O)N3CCN(C)C(=O)C3C)c2)c2ccccc12. The molecule has 142 valence electrons. The van der Waals surface area contributed by atoms with Gasteiger partial charge in [0.25, 0.3) is 5.91 Å². The molecular weight excluding hydrogens is 352 g/mol. The number of carbonyl (C=O) groups excluding carboxylic acids is 2. The van der Waals surface area contributed by atoms with Crippen LogP contribution in [0.15, 0.2) is 48.5 Å². The fourth-order valence-corrected chi connectivity index (χ4v) is 3.71. The van der Waals surface area contributed by atoms with Crippen LogP contribution in [0.2, 0.25) is 0 Å². The lowest BCUT2D eigenvalue weighted by Gasteiger charge is -2.37. The number of aryl methyl sites for hydroxylation is 1. The molecule has 0 aliphatic carbocycles. The molecule has 0 bridgehead atoms. The average Bonchev–Trinajstić information content (AvgIpc) is 2.72. The molecule has 0 saturated carbocycles. The summed E-state index contributed by atoms with van der Waals surface area (Å²) in [7, 11) is 1.77. The van der Waals surface area contributed by atoms with Gasteiger partial charge in [0.05, 0.1) is 5.69 Å². The smallest absolute Gasteiger partial charge is 0.254 e. The number of carbonyl (C=O) groups is 2. The molecule has 6 nitrogen and oxygen atoms in total. The molecule has 3 aromatic rings. The first kappa shape index (κ1) is 18.1. The predicted octanol–water partition coefficient (Wildman–Crippen LogP) is 2.91. The largest absolute Gasteiger partial charge is 0.342 e. The van der Waals surface area contributed by atoms with E-state index in [1.807, 2.05) is 49.4 Å². The Hall–Kier alpha value is -3.28. The monoisotopic (exact) mass is 374 g/mol. The van der Waals surface area contributed by atoms with Gasteiger partial charge in [-0.25, -0.2) is 0 Å². The minimum atomic E-state index is -0.463. The van der Waals surface area contributed by atoms with E-state index in [2.05, 4.69) is 10.2 Å². The molecule has 1 fully saturated rings. The summed E-state index contributed by atoms with van der Waals surface area (Å²) in [6, 6.07) is 14.9. The summed E-state index contributed by atoms with van der Waals surface area (Å²) in [5.74, 6) is -0.175. The van der Waals surface area contributed by atoms with E-state index in [9.17, 15) is 9.59 Å². The van der Waals surface area contributed by atoms with E-state index in [4.69, 9.17) is 0 Å². The topological polar surface area (TPSA) is 66.4 Å². The molecule has 1 atom stereocenters. The van der Waals surface area contributed by atoms with Gasteiger partial charge in [-0.15, -0.1) is 5.10 Å². The van der Waals surface area contributed by atoms with Gasteiger partial charge in [0.1, 0.15) is 11.7 Å². The van der Waals surface area contributed by atoms with Gasteiger partial charge in [0.15, 0.2) is 0 Å². The number of nitrogens with zero attached hydrogens (tertiary/aromatic N) is 4. The highest BCUT2D eigenvalue weighted by molar-refractivity contribution is 6.00. The summed E-state index contributed by atoms with van der Waals surface area (Å²) in [4.78, 5) is 28.6. The van der Waals surface area contributed by atoms with Crippen LogP contribution in [-0.4, -0.2) is 58.0 Å². The van der Waals surface area contributed by atoms with E-state index in [1.54, 1.807) is 29.8 Å². The summed E-state index contributed by atoms with van der Waals surface area (Å²) in [5, 5.41) is 10.7. The van der Waals surface area contributed by atoms with Crippen LogP contribution in [0.3, 0.4) is 0 Å². The average molecular weight is 374 g/mol. The Balaban J connectivity index is 1.72. The van der Waals surface area contributed by atoms with Crippen molar-refractivity contribution < 1.29 is 9.59 Å². The van der Waals surface area contributed by atoms with Crippen molar-refractivity contribution in [3.63, 3.8) is 0 Å². The zero-order chi connectivity index (χ0) is 19.8. The lowest BCUT2D eigenvalue weighted by Crippen LogP contribution is -2.56. The highest BCUT2D eigenvalue weighted by Gasteiger charge is 2.33. The Morgan fingerprint density at radius 1 is 1.04 bits per heavy atom. The number of hydrogen-bond acceptors (Lipinski definition) is 4. The van der Waals surface area contributed by atoms with Gasteiger partial charge in [0.2, 0.25) is 5.91 Å². The fraction of sp³-hybridized carbons (Fsp3) is 0.273. The van der Waals surface area contributed by atoms with Crippen molar-refractivity contribution >= 4 is 22.6 Å². The summed E-state index contributed by atoms with van der Waals surface area (Å²) >= 11 is 0. The molecule has 0 N–H and O–H groups in total. The van der Waals surface area contributed by atoms with E-state index in [-0.39, 0.29) is 11.8 Å². The molecule has 2 amide bonds. The van der Waals surface area contributed by atoms with Crippen molar-refractivity contribution in [1.29, 1.82) is 0 Å². The lowest BCUT2D eigenvalue weighted by molar-refractivity contribution is -0.137. The zero-order valence-corrected chi connectivity index (χ0v) is 16.2. The summed E-state index contributed by atoms with van der Waals surface area (Å²) in [6.45, 7) is 4.78. The molecule has 1 aliphatic heterocycles. The van der Waals surface area contributed by atoms with Crippen LogP contribution >= 0.6 is 0 Å². The van der Waals surface area contributed by atoms with E-state index in [0.717, 1.165) is 27.7 Å². The first-order chi connectivity index (χ1) is 13.5. The molecule has 1 saturated heterocycles. The number of hydrogen-bond donors (Lipinski definition) is 0. The van der Waals surface area contributed by atoms with Crippen LogP contribution in [0.4, 0.5) is 0 Å². The second-order valence-corrected chi connectivity index (χ2v) is 7.19. The van der Waals surface area contributed by atoms with Crippen LogP contribution in [0.5, 0.6) is 0 Å². The van der Waals surface area contributed by atoms with Gasteiger partial charge in [-0.2, -0.15) is 5.10 Å². The van der Waals surface area contributed by atoms with Crippen LogP contribution in [0.1, 0.15) is 23.0 Å². The Labute approximate surface area is 163 Å². The molecule has 28 heavy (non-hydrogen) atoms. The van der Waals surface area contributed by atoms with Crippen molar-refractivity contribution in [3.8, 4) is 11.3 Å². The minimum absolute atomic E-state index is 0.0360. The van der Waals surface area contributed by atoms with E-state index in [1.165, 1.54) is 0 Å². The van der Waals surface area contributed by atoms with Crippen LogP contribution in [0.25, 0.3) is 22.0 Å². The zero-order valence-electron chi connectivity index (χ0n) is 16.2. The van der Waals surface area contributed by atoms with Crippen molar-refractivity contribution in [3.05, 3.63) is 59.8 Å². The number of fused-ring (bicyclic) bond motifs is 1. The summed E-state index contributed by atoms with van der Waals surface area (Å²) in [5.41, 5.74) is 3.01. The second kappa shape index (κ2) is 7.03. The van der Waals surface area contributed by atoms with Crippen LogP contribution in [0, 0.1) is 6.92 Å². The molecule has 1 aliphatic rings. The molecular formula is C22H22N4O2. The molecule has 6 heteroatoms.